The van der Waals surface area contributed by atoms with Gasteiger partial charge in [-0.15, -0.1) is 0 Å². The van der Waals surface area contributed by atoms with Crippen molar-refractivity contribution < 1.29 is 18.7 Å². The van der Waals surface area contributed by atoms with E-state index in [1.807, 2.05) is 4.90 Å². The van der Waals surface area contributed by atoms with Crippen molar-refractivity contribution in [2.75, 3.05) is 31.1 Å². The third-order valence-corrected chi connectivity index (χ3v) is 6.13. The number of fused-ring (bicyclic) bond motifs is 1. The number of benzene rings is 2. The predicted molar refractivity (Wildman–Crippen MR) is 113 cm³/mol. The molecule has 8 heteroatoms. The molecule has 0 bridgehead atoms. The topological polar surface area (TPSA) is 65.8 Å². The van der Waals surface area contributed by atoms with Crippen LogP contribution in [0.15, 0.2) is 47.4 Å². The SMILES string of the molecule is O=C(O)c1cn(-c2ccc(F)cc2)c2cc(N3CCN(C4CC4)CC3)c(F)cc2c1=O. The van der Waals surface area contributed by atoms with Crippen molar-refractivity contribution in [1.29, 1.82) is 0 Å². The summed E-state index contributed by atoms with van der Waals surface area (Å²) in [6.45, 7) is 3.05. The van der Waals surface area contributed by atoms with Gasteiger partial charge >= 0.3 is 5.97 Å². The molecule has 0 atom stereocenters. The summed E-state index contributed by atoms with van der Waals surface area (Å²) < 4.78 is 30.0. The van der Waals surface area contributed by atoms with Gasteiger partial charge in [0.2, 0.25) is 5.43 Å². The summed E-state index contributed by atoms with van der Waals surface area (Å²) >= 11 is 0. The van der Waals surface area contributed by atoms with E-state index in [9.17, 15) is 19.1 Å². The predicted octanol–water partition coefficient (Wildman–Crippen LogP) is 3.25. The first kappa shape index (κ1) is 19.7. The van der Waals surface area contributed by atoms with Gasteiger partial charge in [-0.1, -0.05) is 0 Å². The second-order valence-electron chi connectivity index (χ2n) is 8.10. The highest BCUT2D eigenvalue weighted by Gasteiger charge is 2.32. The molecule has 1 saturated heterocycles. The van der Waals surface area contributed by atoms with E-state index >= 15 is 4.39 Å². The van der Waals surface area contributed by atoms with E-state index in [0.29, 0.717) is 36.0 Å². The Morgan fingerprint density at radius 1 is 1.00 bits per heavy atom. The molecule has 1 aliphatic carbocycles. The lowest BCUT2D eigenvalue weighted by Crippen LogP contribution is -2.47. The third kappa shape index (κ3) is 3.57. The van der Waals surface area contributed by atoms with Gasteiger partial charge in [-0.25, -0.2) is 13.6 Å². The molecule has 3 aromatic rings. The van der Waals surface area contributed by atoms with Crippen LogP contribution in [0.4, 0.5) is 14.5 Å². The number of anilines is 1. The molecule has 2 fully saturated rings. The van der Waals surface area contributed by atoms with Crippen molar-refractivity contribution in [3.63, 3.8) is 0 Å². The van der Waals surface area contributed by atoms with Gasteiger partial charge in [-0.2, -0.15) is 0 Å². The van der Waals surface area contributed by atoms with Crippen LogP contribution in [-0.4, -0.2) is 52.8 Å². The minimum atomic E-state index is -1.40. The van der Waals surface area contributed by atoms with E-state index in [1.165, 1.54) is 47.9 Å². The highest BCUT2D eigenvalue weighted by molar-refractivity contribution is 5.94. The zero-order valence-electron chi connectivity index (χ0n) is 16.7. The molecular weight excluding hydrogens is 404 g/mol. The molecule has 1 aromatic heterocycles. The number of carboxylic acid groups (broad SMARTS) is 1. The summed E-state index contributed by atoms with van der Waals surface area (Å²) in [5, 5.41) is 9.44. The molecule has 6 nitrogen and oxygen atoms in total. The fourth-order valence-corrected chi connectivity index (χ4v) is 4.31. The Balaban J connectivity index is 1.64. The number of carboxylic acids is 1. The second kappa shape index (κ2) is 7.46. The molecule has 2 heterocycles. The first-order chi connectivity index (χ1) is 14.9. The largest absolute Gasteiger partial charge is 0.477 e. The quantitative estimate of drug-likeness (QED) is 0.695. The van der Waals surface area contributed by atoms with Crippen molar-refractivity contribution in [2.45, 2.75) is 18.9 Å². The molecule has 5 rings (SSSR count). The van der Waals surface area contributed by atoms with Gasteiger partial charge in [-0.3, -0.25) is 9.69 Å². The molecule has 1 saturated carbocycles. The number of nitrogens with zero attached hydrogens (tertiary/aromatic N) is 3. The molecule has 0 unspecified atom stereocenters. The number of hydrogen-bond donors (Lipinski definition) is 1. The van der Waals surface area contributed by atoms with Crippen LogP contribution in [0, 0.1) is 11.6 Å². The molecule has 160 valence electrons. The van der Waals surface area contributed by atoms with Gasteiger partial charge in [0.25, 0.3) is 0 Å². The van der Waals surface area contributed by atoms with Crippen molar-refractivity contribution in [3.05, 3.63) is 70.0 Å². The summed E-state index contributed by atoms with van der Waals surface area (Å²) in [4.78, 5) is 28.7. The molecular formula is C23H21F2N3O3. The maximum atomic E-state index is 15.1. The molecule has 2 aliphatic rings. The third-order valence-electron chi connectivity index (χ3n) is 6.13. The van der Waals surface area contributed by atoms with Gasteiger partial charge in [-0.05, 0) is 49.2 Å². The van der Waals surface area contributed by atoms with E-state index < -0.39 is 28.6 Å². The normalized spacial score (nSPS) is 17.3. The highest BCUT2D eigenvalue weighted by atomic mass is 19.1. The maximum absolute atomic E-state index is 15.1. The molecule has 1 aliphatic heterocycles. The number of piperazine rings is 1. The lowest BCUT2D eigenvalue weighted by Gasteiger charge is -2.36. The standard InChI is InChI=1S/C23H21F2N3O3/c24-14-1-3-16(4-2-14)28-13-18(23(30)31)22(29)17-11-19(25)21(12-20(17)28)27-9-7-26(8-10-27)15-5-6-15/h1-4,11-13,15H,5-10H2,(H,30,31). The average molecular weight is 425 g/mol. The lowest BCUT2D eigenvalue weighted by molar-refractivity contribution is 0.0695. The summed E-state index contributed by atoms with van der Waals surface area (Å²) in [7, 11) is 0. The van der Waals surface area contributed by atoms with Crippen LogP contribution < -0.4 is 10.3 Å². The Hall–Kier alpha value is -3.26. The molecule has 31 heavy (non-hydrogen) atoms. The summed E-state index contributed by atoms with van der Waals surface area (Å²) in [6, 6.07) is 8.84. The minimum absolute atomic E-state index is 0.0258. The zero-order chi connectivity index (χ0) is 21.7. The van der Waals surface area contributed by atoms with Gasteiger partial charge in [0.1, 0.15) is 17.2 Å². The van der Waals surface area contributed by atoms with Crippen LogP contribution in [0.2, 0.25) is 0 Å². The number of pyridine rings is 1. The number of aromatic carboxylic acids is 1. The van der Waals surface area contributed by atoms with E-state index in [0.717, 1.165) is 19.2 Å². The second-order valence-corrected chi connectivity index (χ2v) is 8.10. The van der Waals surface area contributed by atoms with Crippen LogP contribution in [-0.2, 0) is 0 Å². The van der Waals surface area contributed by atoms with E-state index in [1.54, 1.807) is 6.07 Å². The molecule has 1 N–H and O–H groups in total. The highest BCUT2D eigenvalue weighted by Crippen LogP contribution is 2.31. The van der Waals surface area contributed by atoms with Crippen LogP contribution in [0.25, 0.3) is 16.6 Å². The van der Waals surface area contributed by atoms with Crippen LogP contribution in [0.3, 0.4) is 0 Å². The smallest absolute Gasteiger partial charge is 0.341 e. The Kier molecular flexibility index (Phi) is 4.74. The first-order valence-corrected chi connectivity index (χ1v) is 10.3. The van der Waals surface area contributed by atoms with Crippen molar-refractivity contribution in [1.82, 2.24) is 9.47 Å². The minimum Gasteiger partial charge on any atom is -0.477 e. The molecule has 0 spiro atoms. The van der Waals surface area contributed by atoms with Gasteiger partial charge < -0.3 is 14.6 Å². The molecule has 2 aromatic carbocycles. The number of rotatable bonds is 4. The van der Waals surface area contributed by atoms with Crippen LogP contribution in [0.1, 0.15) is 23.2 Å². The van der Waals surface area contributed by atoms with Gasteiger partial charge in [0.05, 0.1) is 11.2 Å². The number of carbonyl (C=O) groups is 1. The fraction of sp³-hybridized carbons (Fsp3) is 0.304. The Labute approximate surface area is 176 Å². The van der Waals surface area contributed by atoms with E-state index in [-0.39, 0.29) is 5.39 Å². The molecule has 0 radical (unpaired) electrons. The monoisotopic (exact) mass is 425 g/mol. The van der Waals surface area contributed by atoms with Gasteiger partial charge in [0.15, 0.2) is 0 Å². The van der Waals surface area contributed by atoms with Crippen LogP contribution >= 0.6 is 0 Å². The van der Waals surface area contributed by atoms with Crippen LogP contribution in [0.5, 0.6) is 0 Å². The lowest BCUT2D eigenvalue weighted by atomic mass is 10.1. The Morgan fingerprint density at radius 3 is 2.29 bits per heavy atom. The number of halogens is 2. The number of aromatic nitrogens is 1. The van der Waals surface area contributed by atoms with Crippen molar-refractivity contribution in [3.8, 4) is 5.69 Å². The summed E-state index contributed by atoms with van der Waals surface area (Å²) in [5.41, 5.74) is 0.0146. The Bertz CT molecular complexity index is 1230. The maximum Gasteiger partial charge on any atom is 0.341 e. The summed E-state index contributed by atoms with van der Waals surface area (Å²) in [5.74, 6) is -2.39. The van der Waals surface area contributed by atoms with E-state index in [4.69, 9.17) is 0 Å². The number of hydrogen-bond acceptors (Lipinski definition) is 4. The zero-order valence-corrected chi connectivity index (χ0v) is 16.7. The summed E-state index contributed by atoms with van der Waals surface area (Å²) in [6.07, 6.45) is 3.66. The van der Waals surface area contributed by atoms with Gasteiger partial charge in [0, 0.05) is 49.5 Å². The molecule has 0 amide bonds. The van der Waals surface area contributed by atoms with E-state index in [2.05, 4.69) is 4.90 Å². The first-order valence-electron chi connectivity index (χ1n) is 10.3. The van der Waals surface area contributed by atoms with Crippen molar-refractivity contribution >= 4 is 22.6 Å². The fourth-order valence-electron chi connectivity index (χ4n) is 4.31. The van der Waals surface area contributed by atoms with Crippen molar-refractivity contribution in [2.24, 2.45) is 0 Å². The average Bonchev–Trinajstić information content (AvgIpc) is 3.60. The Morgan fingerprint density at radius 2 is 1.68 bits per heavy atom.